The minimum atomic E-state index is -0.0458. The van der Waals surface area contributed by atoms with Gasteiger partial charge in [-0.1, -0.05) is 6.07 Å². The fraction of sp³-hybridized carbons (Fsp3) is 0.200. The van der Waals surface area contributed by atoms with Gasteiger partial charge in [-0.25, -0.2) is 9.67 Å². The molecule has 0 aliphatic rings. The van der Waals surface area contributed by atoms with Crippen molar-refractivity contribution >= 4 is 22.6 Å². The van der Waals surface area contributed by atoms with E-state index in [-0.39, 0.29) is 6.04 Å². The molecule has 0 bridgehead atoms. The molecule has 0 saturated heterocycles. The molecule has 0 fully saturated rings. The van der Waals surface area contributed by atoms with Crippen LogP contribution in [0.1, 0.15) is 18.5 Å². The van der Waals surface area contributed by atoms with Crippen molar-refractivity contribution in [2.75, 3.05) is 0 Å². The number of nitrogens with zero attached hydrogens (tertiary/aromatic N) is 3. The zero-order valence-electron chi connectivity index (χ0n) is 8.26. The summed E-state index contributed by atoms with van der Waals surface area (Å²) in [5.41, 5.74) is 6.87. The maximum absolute atomic E-state index is 5.88. The number of aromatic nitrogens is 3. The van der Waals surface area contributed by atoms with Crippen LogP contribution in [0.4, 0.5) is 0 Å². The molecule has 2 aromatic heterocycles. The second kappa shape index (κ2) is 4.28. The first-order chi connectivity index (χ1) is 7.18. The zero-order chi connectivity index (χ0) is 10.8. The number of hydrogen-bond acceptors (Lipinski definition) is 3. The van der Waals surface area contributed by atoms with Crippen LogP contribution >= 0.6 is 22.6 Å². The van der Waals surface area contributed by atoms with Crippen molar-refractivity contribution in [2.45, 2.75) is 13.0 Å². The van der Waals surface area contributed by atoms with Crippen LogP contribution in [-0.2, 0) is 0 Å². The Morgan fingerprint density at radius 3 is 2.93 bits per heavy atom. The van der Waals surface area contributed by atoms with Gasteiger partial charge in [-0.3, -0.25) is 0 Å². The predicted octanol–water partition coefficient (Wildman–Crippen LogP) is 1.89. The Morgan fingerprint density at radius 1 is 1.53 bits per heavy atom. The number of nitrogens with two attached hydrogens (primary N) is 1. The Bertz CT molecular complexity index is 464. The highest BCUT2D eigenvalue weighted by Gasteiger charge is 2.09. The van der Waals surface area contributed by atoms with Crippen molar-refractivity contribution in [1.82, 2.24) is 14.8 Å². The van der Waals surface area contributed by atoms with Gasteiger partial charge in [0.2, 0.25) is 0 Å². The van der Waals surface area contributed by atoms with Crippen LogP contribution in [0.15, 0.2) is 30.7 Å². The van der Waals surface area contributed by atoms with Crippen LogP contribution in [0.25, 0.3) is 5.82 Å². The lowest BCUT2D eigenvalue weighted by Gasteiger charge is -2.10. The van der Waals surface area contributed by atoms with Crippen LogP contribution in [0.5, 0.6) is 0 Å². The Labute approximate surface area is 102 Å². The van der Waals surface area contributed by atoms with Crippen LogP contribution in [0.3, 0.4) is 0 Å². The summed E-state index contributed by atoms with van der Waals surface area (Å²) in [6, 6.07) is 3.81. The Hall–Kier alpha value is -0.950. The topological polar surface area (TPSA) is 56.7 Å². The molecule has 15 heavy (non-hydrogen) atoms. The quantitative estimate of drug-likeness (QED) is 0.861. The van der Waals surface area contributed by atoms with Crippen LogP contribution in [0.2, 0.25) is 0 Å². The normalized spacial score (nSPS) is 12.7. The van der Waals surface area contributed by atoms with Gasteiger partial charge in [-0.15, -0.1) is 0 Å². The molecule has 0 radical (unpaired) electrons. The smallest absolute Gasteiger partial charge is 0.158 e. The second-order valence-electron chi connectivity index (χ2n) is 3.31. The molecule has 2 heterocycles. The molecule has 2 N–H and O–H groups in total. The third-order valence-electron chi connectivity index (χ3n) is 2.08. The SMILES string of the molecule is CC(N)c1cccnc1-n1cc(I)cn1. The number of hydrogen-bond donors (Lipinski definition) is 1. The Kier molecular flexibility index (Phi) is 3.01. The molecule has 0 aliphatic carbocycles. The van der Waals surface area contributed by atoms with E-state index in [0.29, 0.717) is 0 Å². The van der Waals surface area contributed by atoms with E-state index in [1.54, 1.807) is 17.1 Å². The van der Waals surface area contributed by atoms with E-state index in [1.807, 2.05) is 25.3 Å². The van der Waals surface area contributed by atoms with Gasteiger partial charge in [0.15, 0.2) is 5.82 Å². The van der Waals surface area contributed by atoms with Crippen molar-refractivity contribution in [3.63, 3.8) is 0 Å². The molecule has 0 amide bonds. The van der Waals surface area contributed by atoms with E-state index in [0.717, 1.165) is 15.0 Å². The predicted molar refractivity (Wildman–Crippen MR) is 66.7 cm³/mol. The fourth-order valence-electron chi connectivity index (χ4n) is 1.37. The standard InChI is InChI=1S/C10H11IN4/c1-7(12)9-3-2-4-13-10(9)15-6-8(11)5-14-15/h2-7H,12H2,1H3. The molecule has 2 aromatic rings. The van der Waals surface area contributed by atoms with Gasteiger partial charge in [0.05, 0.1) is 9.77 Å². The molecule has 0 saturated carbocycles. The van der Waals surface area contributed by atoms with Gasteiger partial charge < -0.3 is 5.73 Å². The molecule has 78 valence electrons. The van der Waals surface area contributed by atoms with Crippen LogP contribution < -0.4 is 5.73 Å². The first kappa shape index (κ1) is 10.6. The first-order valence-electron chi connectivity index (χ1n) is 4.59. The molecule has 0 spiro atoms. The Balaban J connectivity index is 2.52. The lowest BCUT2D eigenvalue weighted by atomic mass is 10.1. The van der Waals surface area contributed by atoms with Crippen LogP contribution in [0, 0.1) is 3.57 Å². The molecule has 5 heteroatoms. The summed E-state index contributed by atoms with van der Waals surface area (Å²) in [6.07, 6.45) is 5.46. The van der Waals surface area contributed by atoms with Gasteiger partial charge in [0, 0.05) is 24.0 Å². The largest absolute Gasteiger partial charge is 0.324 e. The van der Waals surface area contributed by atoms with Crippen LogP contribution in [-0.4, -0.2) is 14.8 Å². The van der Waals surface area contributed by atoms with E-state index in [9.17, 15) is 0 Å². The zero-order valence-corrected chi connectivity index (χ0v) is 10.4. The van der Waals surface area contributed by atoms with Gasteiger partial charge in [-0.2, -0.15) is 5.10 Å². The average molecular weight is 314 g/mol. The van der Waals surface area contributed by atoms with E-state index in [2.05, 4.69) is 32.7 Å². The van der Waals surface area contributed by atoms with Gasteiger partial charge in [0.1, 0.15) is 0 Å². The van der Waals surface area contributed by atoms with Crippen molar-refractivity contribution in [3.05, 3.63) is 39.9 Å². The maximum Gasteiger partial charge on any atom is 0.158 e. The summed E-state index contributed by atoms with van der Waals surface area (Å²) >= 11 is 2.21. The molecule has 4 nitrogen and oxygen atoms in total. The van der Waals surface area contributed by atoms with E-state index >= 15 is 0 Å². The van der Waals surface area contributed by atoms with Gasteiger partial charge >= 0.3 is 0 Å². The number of pyridine rings is 1. The summed E-state index contributed by atoms with van der Waals surface area (Å²) in [4.78, 5) is 4.30. The van der Waals surface area contributed by atoms with Crippen molar-refractivity contribution in [2.24, 2.45) is 5.73 Å². The fourth-order valence-corrected chi connectivity index (χ4v) is 1.76. The minimum Gasteiger partial charge on any atom is -0.324 e. The average Bonchev–Trinajstić information content (AvgIpc) is 2.65. The second-order valence-corrected chi connectivity index (χ2v) is 4.55. The third kappa shape index (κ3) is 2.18. The molecule has 1 unspecified atom stereocenters. The minimum absolute atomic E-state index is 0.0458. The van der Waals surface area contributed by atoms with E-state index in [4.69, 9.17) is 5.73 Å². The van der Waals surface area contributed by atoms with Gasteiger partial charge in [0.25, 0.3) is 0 Å². The molecule has 0 aliphatic heterocycles. The molecular weight excluding hydrogens is 303 g/mol. The van der Waals surface area contributed by atoms with Crippen molar-refractivity contribution < 1.29 is 0 Å². The summed E-state index contributed by atoms with van der Waals surface area (Å²) in [5, 5.41) is 4.22. The van der Waals surface area contributed by atoms with E-state index < -0.39 is 0 Å². The monoisotopic (exact) mass is 314 g/mol. The van der Waals surface area contributed by atoms with Crippen molar-refractivity contribution in [3.8, 4) is 5.82 Å². The number of rotatable bonds is 2. The summed E-state index contributed by atoms with van der Waals surface area (Å²) < 4.78 is 2.83. The van der Waals surface area contributed by atoms with Crippen molar-refractivity contribution in [1.29, 1.82) is 0 Å². The maximum atomic E-state index is 5.88. The lowest BCUT2D eigenvalue weighted by molar-refractivity contribution is 0.761. The lowest BCUT2D eigenvalue weighted by Crippen LogP contribution is -2.11. The molecule has 0 aromatic carbocycles. The molecule has 1 atom stereocenters. The summed E-state index contributed by atoms with van der Waals surface area (Å²) in [6.45, 7) is 1.94. The van der Waals surface area contributed by atoms with E-state index in [1.165, 1.54) is 0 Å². The van der Waals surface area contributed by atoms with Gasteiger partial charge in [-0.05, 0) is 35.6 Å². The highest BCUT2D eigenvalue weighted by molar-refractivity contribution is 14.1. The summed E-state index contributed by atoms with van der Waals surface area (Å²) in [5.74, 6) is 0.801. The highest BCUT2D eigenvalue weighted by Crippen LogP contribution is 2.17. The molecule has 2 rings (SSSR count). The first-order valence-corrected chi connectivity index (χ1v) is 5.67. The third-order valence-corrected chi connectivity index (χ3v) is 2.63. The molecular formula is C10H11IN4. The summed E-state index contributed by atoms with van der Waals surface area (Å²) in [7, 11) is 0. The highest BCUT2D eigenvalue weighted by atomic mass is 127. The number of halogens is 1. The Morgan fingerprint density at radius 2 is 2.33 bits per heavy atom.